The molecule has 0 amide bonds. The zero-order valence-corrected chi connectivity index (χ0v) is 16.4. The van der Waals surface area contributed by atoms with Crippen molar-refractivity contribution >= 4 is 28.3 Å². The highest BCUT2D eigenvalue weighted by molar-refractivity contribution is 8.55. The van der Waals surface area contributed by atoms with Crippen LogP contribution in [0.1, 0.15) is 13.3 Å². The van der Waals surface area contributed by atoms with Crippen LogP contribution in [0.2, 0.25) is 0 Å². The molecule has 0 saturated carbocycles. The van der Waals surface area contributed by atoms with Crippen molar-refractivity contribution in [1.82, 2.24) is 0 Å². The highest BCUT2D eigenvalue weighted by atomic mass is 32.7. The van der Waals surface area contributed by atoms with Crippen molar-refractivity contribution in [2.75, 3.05) is 12.9 Å². The quantitative estimate of drug-likeness (QED) is 0.443. The van der Waals surface area contributed by atoms with Crippen LogP contribution in [0.3, 0.4) is 0 Å². The molecule has 0 aromatic heterocycles. The zero-order valence-electron chi connectivity index (χ0n) is 13.8. The van der Waals surface area contributed by atoms with Crippen LogP contribution in [0.4, 0.5) is 0 Å². The van der Waals surface area contributed by atoms with Crippen molar-refractivity contribution < 1.29 is 26.2 Å². The minimum atomic E-state index is -3.90. The Morgan fingerprint density at radius 1 is 1.00 bits per heavy atom. The van der Waals surface area contributed by atoms with E-state index in [-0.39, 0.29) is 10.6 Å². The van der Waals surface area contributed by atoms with Crippen LogP contribution in [-0.2, 0) is 19.2 Å². The van der Waals surface area contributed by atoms with Gasteiger partial charge in [0.15, 0.2) is 0 Å². The SMILES string of the molecule is CCCSP(=O)(OC)Oc1ccc(OS(=O)(=O)c2ccccc2)cc1. The van der Waals surface area contributed by atoms with Crippen molar-refractivity contribution in [2.45, 2.75) is 18.2 Å². The van der Waals surface area contributed by atoms with E-state index in [0.717, 1.165) is 17.8 Å². The summed E-state index contributed by atoms with van der Waals surface area (Å²) in [5.74, 6) is 1.07. The molecule has 136 valence electrons. The van der Waals surface area contributed by atoms with E-state index < -0.39 is 16.9 Å². The fraction of sp³-hybridized carbons (Fsp3) is 0.250. The maximum atomic E-state index is 12.4. The molecule has 1 atom stereocenters. The smallest absolute Gasteiger partial charge is 0.417 e. The lowest BCUT2D eigenvalue weighted by molar-refractivity contribution is 0.341. The van der Waals surface area contributed by atoms with Gasteiger partial charge in [-0.3, -0.25) is 4.52 Å². The summed E-state index contributed by atoms with van der Waals surface area (Å²) >= 11 is 1.11. The second-order valence-electron chi connectivity index (χ2n) is 4.88. The summed E-state index contributed by atoms with van der Waals surface area (Å²) in [6.07, 6.45) is 0.839. The molecule has 0 fully saturated rings. The lowest BCUT2D eigenvalue weighted by Gasteiger charge is -2.16. The largest absolute Gasteiger partial charge is 0.439 e. The summed E-state index contributed by atoms with van der Waals surface area (Å²) in [5.41, 5.74) is 0. The first-order chi connectivity index (χ1) is 11.9. The van der Waals surface area contributed by atoms with Crippen molar-refractivity contribution in [3.05, 3.63) is 54.6 Å². The molecule has 0 N–H and O–H groups in total. The van der Waals surface area contributed by atoms with Gasteiger partial charge in [0, 0.05) is 12.9 Å². The third-order valence-corrected chi connectivity index (χ3v) is 8.17. The normalized spacial score (nSPS) is 13.8. The van der Waals surface area contributed by atoms with Gasteiger partial charge in [-0.25, -0.2) is 4.57 Å². The van der Waals surface area contributed by atoms with Crippen LogP contribution in [0, 0.1) is 0 Å². The van der Waals surface area contributed by atoms with Gasteiger partial charge in [-0.2, -0.15) is 8.42 Å². The average molecular weight is 402 g/mol. The molecule has 2 aromatic rings. The molecule has 0 aliphatic rings. The van der Waals surface area contributed by atoms with Gasteiger partial charge in [0.1, 0.15) is 16.4 Å². The molecule has 1 unspecified atom stereocenters. The lowest BCUT2D eigenvalue weighted by Crippen LogP contribution is -2.09. The van der Waals surface area contributed by atoms with Crippen LogP contribution in [-0.4, -0.2) is 21.3 Å². The van der Waals surface area contributed by atoms with Gasteiger partial charge in [0.05, 0.1) is 0 Å². The first kappa shape index (κ1) is 19.8. The van der Waals surface area contributed by atoms with E-state index >= 15 is 0 Å². The molecule has 0 saturated heterocycles. The molecule has 25 heavy (non-hydrogen) atoms. The maximum Gasteiger partial charge on any atom is 0.439 e. The number of rotatable bonds is 9. The van der Waals surface area contributed by atoms with Gasteiger partial charge in [-0.1, -0.05) is 25.1 Å². The minimum absolute atomic E-state index is 0.0650. The molecule has 0 spiro atoms. The molecule has 2 rings (SSSR count). The van der Waals surface area contributed by atoms with E-state index in [0.29, 0.717) is 11.5 Å². The predicted molar refractivity (Wildman–Crippen MR) is 98.7 cm³/mol. The Morgan fingerprint density at radius 2 is 1.60 bits per heavy atom. The Kier molecular flexibility index (Phi) is 6.95. The lowest BCUT2D eigenvalue weighted by atomic mass is 10.3. The fourth-order valence-electron chi connectivity index (χ4n) is 1.77. The molecule has 0 heterocycles. The molecule has 2 aromatic carbocycles. The molecular weight excluding hydrogens is 383 g/mol. The van der Waals surface area contributed by atoms with E-state index in [1.165, 1.54) is 43.5 Å². The number of hydrogen-bond donors (Lipinski definition) is 0. The Labute approximate surface area is 151 Å². The standard InChI is InChI=1S/C16H19O6PS2/c1-3-13-24-23(17,20-2)21-14-9-11-15(12-10-14)22-25(18,19)16-7-5-4-6-8-16/h4-12H,3,13H2,1-2H3. The Morgan fingerprint density at radius 3 is 2.16 bits per heavy atom. The molecule has 6 nitrogen and oxygen atoms in total. The summed E-state index contributed by atoms with van der Waals surface area (Å²) in [7, 11) is -2.58. The Hall–Kier alpha value is -1.47. The maximum absolute atomic E-state index is 12.4. The molecule has 0 bridgehead atoms. The van der Waals surface area contributed by atoms with Crippen LogP contribution in [0.5, 0.6) is 11.5 Å². The summed E-state index contributed by atoms with van der Waals surface area (Å²) in [6.45, 7) is -1.32. The first-order valence-electron chi connectivity index (χ1n) is 7.48. The van der Waals surface area contributed by atoms with Crippen molar-refractivity contribution in [2.24, 2.45) is 0 Å². The molecule has 0 aliphatic heterocycles. The summed E-state index contributed by atoms with van der Waals surface area (Å²) in [5, 5.41) is 0. The second-order valence-corrected chi connectivity index (χ2v) is 10.6. The number of hydrogen-bond acceptors (Lipinski definition) is 7. The summed E-state index contributed by atoms with van der Waals surface area (Å²) in [6, 6.07) is 13.7. The Balaban J connectivity index is 2.08. The van der Waals surface area contributed by atoms with E-state index in [4.69, 9.17) is 13.2 Å². The Bertz CT molecular complexity index is 821. The average Bonchev–Trinajstić information content (AvgIpc) is 2.62. The van der Waals surface area contributed by atoms with Crippen LogP contribution in [0.15, 0.2) is 59.5 Å². The third-order valence-electron chi connectivity index (χ3n) is 2.96. The van der Waals surface area contributed by atoms with Crippen LogP contribution >= 0.6 is 18.2 Å². The van der Waals surface area contributed by atoms with Gasteiger partial charge in [-0.15, -0.1) is 0 Å². The molecule has 9 heteroatoms. The molecule has 0 aliphatic carbocycles. The summed E-state index contributed by atoms with van der Waals surface area (Å²) < 4.78 is 52.2. The van der Waals surface area contributed by atoms with Gasteiger partial charge < -0.3 is 8.71 Å². The van der Waals surface area contributed by atoms with Crippen LogP contribution < -0.4 is 8.71 Å². The van der Waals surface area contributed by atoms with E-state index in [9.17, 15) is 13.0 Å². The molecular formula is C16H19O6PS2. The van der Waals surface area contributed by atoms with Gasteiger partial charge in [-0.05, 0) is 54.2 Å². The number of benzene rings is 2. The highest BCUT2D eigenvalue weighted by Gasteiger charge is 2.25. The monoisotopic (exact) mass is 402 g/mol. The van der Waals surface area contributed by atoms with Crippen molar-refractivity contribution in [3.63, 3.8) is 0 Å². The fourth-order valence-corrected chi connectivity index (χ4v) is 5.69. The highest BCUT2D eigenvalue weighted by Crippen LogP contribution is 2.59. The van der Waals surface area contributed by atoms with E-state index in [1.807, 2.05) is 6.92 Å². The predicted octanol–water partition coefficient (Wildman–Crippen LogP) is 4.73. The van der Waals surface area contributed by atoms with Gasteiger partial charge in [0.2, 0.25) is 0 Å². The zero-order chi connectivity index (χ0) is 18.3. The third kappa shape index (κ3) is 5.78. The topological polar surface area (TPSA) is 78.9 Å². The van der Waals surface area contributed by atoms with Crippen molar-refractivity contribution in [3.8, 4) is 11.5 Å². The van der Waals surface area contributed by atoms with Gasteiger partial charge in [0.25, 0.3) is 0 Å². The summed E-state index contributed by atoms with van der Waals surface area (Å²) in [4.78, 5) is 0.0650. The molecule has 0 radical (unpaired) electrons. The van der Waals surface area contributed by atoms with E-state index in [2.05, 4.69) is 0 Å². The van der Waals surface area contributed by atoms with E-state index in [1.54, 1.807) is 18.2 Å². The van der Waals surface area contributed by atoms with Crippen LogP contribution in [0.25, 0.3) is 0 Å². The van der Waals surface area contributed by atoms with Crippen molar-refractivity contribution in [1.29, 1.82) is 0 Å². The second kappa shape index (κ2) is 8.76. The van der Waals surface area contributed by atoms with Gasteiger partial charge >= 0.3 is 16.9 Å². The first-order valence-corrected chi connectivity index (χ1v) is 12.0. The minimum Gasteiger partial charge on any atom is -0.417 e.